The van der Waals surface area contributed by atoms with Crippen molar-refractivity contribution in [1.29, 1.82) is 0 Å². The lowest BCUT2D eigenvalue weighted by atomic mass is 10.0. The Kier molecular flexibility index (Phi) is 3.53. The highest BCUT2D eigenvalue weighted by atomic mass is 35.5. The Bertz CT molecular complexity index is 359. The van der Waals surface area contributed by atoms with Crippen molar-refractivity contribution < 1.29 is 9.53 Å². The van der Waals surface area contributed by atoms with Gasteiger partial charge < -0.3 is 4.74 Å². The van der Waals surface area contributed by atoms with Crippen molar-refractivity contribution in [3.63, 3.8) is 0 Å². The van der Waals surface area contributed by atoms with E-state index in [0.29, 0.717) is 22.9 Å². The molecule has 1 aromatic rings. The molecule has 1 aromatic carbocycles. The van der Waals surface area contributed by atoms with Gasteiger partial charge in [-0.3, -0.25) is 4.79 Å². The van der Waals surface area contributed by atoms with Crippen LogP contribution in [0, 0.1) is 6.92 Å². The van der Waals surface area contributed by atoms with Crippen LogP contribution in [-0.2, 0) is 0 Å². The number of rotatable bonds is 3. The molecule has 0 bridgehead atoms. The normalized spacial score (nSPS) is 10.0. The minimum atomic E-state index is 0.00242. The van der Waals surface area contributed by atoms with E-state index < -0.39 is 0 Å². The fourth-order valence-corrected chi connectivity index (χ4v) is 1.70. The Balaban J connectivity index is 3.28. The van der Waals surface area contributed by atoms with Crippen molar-refractivity contribution in [2.75, 3.05) is 6.61 Å². The summed E-state index contributed by atoms with van der Waals surface area (Å²) in [4.78, 5) is 11.4. The molecular weight excluding hydrogens is 200 g/mol. The predicted octanol–water partition coefficient (Wildman–Crippen LogP) is 3.25. The minimum absolute atomic E-state index is 0.00242. The van der Waals surface area contributed by atoms with E-state index in [0.717, 1.165) is 5.56 Å². The van der Waals surface area contributed by atoms with E-state index in [9.17, 15) is 4.79 Å². The lowest BCUT2D eigenvalue weighted by Gasteiger charge is -2.10. The van der Waals surface area contributed by atoms with Crippen molar-refractivity contribution in [2.24, 2.45) is 0 Å². The van der Waals surface area contributed by atoms with Crippen molar-refractivity contribution in [1.82, 2.24) is 0 Å². The first-order valence-electron chi connectivity index (χ1n) is 4.50. The first-order valence-corrected chi connectivity index (χ1v) is 4.88. The standard InChI is InChI=1S/C11H13ClO2/c1-4-14-10-6-9(12)5-7(2)11(10)8(3)13/h5-6H,4H2,1-3H3. The molecule has 1 rings (SSSR count). The topological polar surface area (TPSA) is 26.3 Å². The van der Waals surface area contributed by atoms with Gasteiger partial charge in [0.1, 0.15) is 5.75 Å². The molecule has 3 heteroatoms. The maximum Gasteiger partial charge on any atom is 0.163 e. The summed E-state index contributed by atoms with van der Waals surface area (Å²) >= 11 is 5.87. The lowest BCUT2D eigenvalue weighted by Crippen LogP contribution is -2.03. The number of carbonyl (C=O) groups excluding carboxylic acids is 1. The summed E-state index contributed by atoms with van der Waals surface area (Å²) in [5.41, 5.74) is 1.48. The summed E-state index contributed by atoms with van der Waals surface area (Å²) in [6.07, 6.45) is 0. The Labute approximate surface area is 88.8 Å². The molecule has 0 amide bonds. The second-order valence-corrected chi connectivity index (χ2v) is 3.52. The van der Waals surface area contributed by atoms with Crippen LogP contribution in [0.15, 0.2) is 12.1 Å². The van der Waals surface area contributed by atoms with Crippen LogP contribution in [0.3, 0.4) is 0 Å². The van der Waals surface area contributed by atoms with Gasteiger partial charge in [0.15, 0.2) is 5.78 Å². The van der Waals surface area contributed by atoms with Crippen molar-refractivity contribution in [3.05, 3.63) is 28.3 Å². The first kappa shape index (κ1) is 11.1. The van der Waals surface area contributed by atoms with Crippen LogP contribution in [0.2, 0.25) is 5.02 Å². The third-order valence-electron chi connectivity index (χ3n) is 1.92. The monoisotopic (exact) mass is 212 g/mol. The largest absolute Gasteiger partial charge is 0.493 e. The van der Waals surface area contributed by atoms with Gasteiger partial charge in [0.05, 0.1) is 12.2 Å². The predicted molar refractivity (Wildman–Crippen MR) is 57.4 cm³/mol. The van der Waals surface area contributed by atoms with E-state index in [1.807, 2.05) is 13.8 Å². The van der Waals surface area contributed by atoms with E-state index in [2.05, 4.69) is 0 Å². The second kappa shape index (κ2) is 4.47. The minimum Gasteiger partial charge on any atom is -0.493 e. The smallest absolute Gasteiger partial charge is 0.163 e. The summed E-state index contributed by atoms with van der Waals surface area (Å²) in [6, 6.07) is 3.44. The molecule has 0 heterocycles. The van der Waals surface area contributed by atoms with E-state index in [-0.39, 0.29) is 5.78 Å². The summed E-state index contributed by atoms with van der Waals surface area (Å²) in [5, 5.41) is 0.593. The van der Waals surface area contributed by atoms with Gasteiger partial charge in [-0.05, 0) is 38.5 Å². The van der Waals surface area contributed by atoms with Gasteiger partial charge in [-0.25, -0.2) is 0 Å². The Morgan fingerprint density at radius 3 is 2.64 bits per heavy atom. The molecule has 14 heavy (non-hydrogen) atoms. The molecule has 0 aliphatic rings. The SMILES string of the molecule is CCOc1cc(Cl)cc(C)c1C(C)=O. The van der Waals surface area contributed by atoms with Gasteiger partial charge in [0.2, 0.25) is 0 Å². The van der Waals surface area contributed by atoms with Crippen LogP contribution in [0.4, 0.5) is 0 Å². The van der Waals surface area contributed by atoms with Crippen molar-refractivity contribution in [2.45, 2.75) is 20.8 Å². The molecule has 0 aliphatic heterocycles. The van der Waals surface area contributed by atoms with Crippen LogP contribution in [-0.4, -0.2) is 12.4 Å². The number of ketones is 1. The highest BCUT2D eigenvalue weighted by Gasteiger charge is 2.12. The molecule has 0 unspecified atom stereocenters. The second-order valence-electron chi connectivity index (χ2n) is 3.09. The molecule has 0 saturated carbocycles. The number of Topliss-reactive ketones (excluding diaryl/α,β-unsaturated/α-hetero) is 1. The zero-order valence-corrected chi connectivity index (χ0v) is 9.31. The quantitative estimate of drug-likeness (QED) is 0.719. The number of hydrogen-bond acceptors (Lipinski definition) is 2. The van der Waals surface area contributed by atoms with E-state index in [4.69, 9.17) is 16.3 Å². The van der Waals surface area contributed by atoms with Crippen LogP contribution >= 0.6 is 11.6 Å². The van der Waals surface area contributed by atoms with Gasteiger partial charge in [-0.15, -0.1) is 0 Å². The maximum atomic E-state index is 11.4. The number of ether oxygens (including phenoxy) is 1. The molecule has 0 spiro atoms. The van der Waals surface area contributed by atoms with Crippen LogP contribution in [0.5, 0.6) is 5.75 Å². The zero-order chi connectivity index (χ0) is 10.7. The zero-order valence-electron chi connectivity index (χ0n) is 8.56. The third kappa shape index (κ3) is 2.26. The molecule has 76 valence electrons. The summed E-state index contributed by atoms with van der Waals surface area (Å²) in [6.45, 7) is 5.78. The van der Waals surface area contributed by atoms with Crippen LogP contribution in [0.25, 0.3) is 0 Å². The number of aryl methyl sites for hydroxylation is 1. The van der Waals surface area contributed by atoms with Gasteiger partial charge in [0.25, 0.3) is 0 Å². The fourth-order valence-electron chi connectivity index (χ4n) is 1.43. The third-order valence-corrected chi connectivity index (χ3v) is 2.13. The molecular formula is C11H13ClO2. The van der Waals surface area contributed by atoms with Crippen LogP contribution in [0.1, 0.15) is 29.8 Å². The van der Waals surface area contributed by atoms with Crippen molar-refractivity contribution >= 4 is 17.4 Å². The molecule has 0 fully saturated rings. The van der Waals surface area contributed by atoms with Gasteiger partial charge >= 0.3 is 0 Å². The molecule has 0 atom stereocenters. The lowest BCUT2D eigenvalue weighted by molar-refractivity contribution is 0.101. The van der Waals surface area contributed by atoms with Crippen LogP contribution < -0.4 is 4.74 Å². The summed E-state index contributed by atoms with van der Waals surface area (Å²) in [7, 11) is 0. The molecule has 0 radical (unpaired) electrons. The molecule has 0 N–H and O–H groups in total. The van der Waals surface area contributed by atoms with E-state index in [1.54, 1.807) is 12.1 Å². The molecule has 0 saturated heterocycles. The highest BCUT2D eigenvalue weighted by Crippen LogP contribution is 2.27. The summed E-state index contributed by atoms with van der Waals surface area (Å²) in [5.74, 6) is 0.576. The van der Waals surface area contributed by atoms with Gasteiger partial charge in [0, 0.05) is 5.02 Å². The van der Waals surface area contributed by atoms with E-state index in [1.165, 1.54) is 6.92 Å². The average Bonchev–Trinajstić information content (AvgIpc) is 2.01. The summed E-state index contributed by atoms with van der Waals surface area (Å²) < 4.78 is 5.35. The fraction of sp³-hybridized carbons (Fsp3) is 0.364. The van der Waals surface area contributed by atoms with Gasteiger partial charge in [-0.2, -0.15) is 0 Å². The molecule has 2 nitrogen and oxygen atoms in total. The Hall–Kier alpha value is -1.02. The Morgan fingerprint density at radius 2 is 2.14 bits per heavy atom. The first-order chi connectivity index (χ1) is 6.56. The molecule has 0 aromatic heterocycles. The van der Waals surface area contributed by atoms with E-state index >= 15 is 0 Å². The van der Waals surface area contributed by atoms with Gasteiger partial charge in [-0.1, -0.05) is 11.6 Å². The van der Waals surface area contributed by atoms with Crippen molar-refractivity contribution in [3.8, 4) is 5.75 Å². The number of halogens is 1. The molecule has 0 aliphatic carbocycles. The maximum absolute atomic E-state index is 11.4. The Morgan fingerprint density at radius 1 is 1.50 bits per heavy atom. The highest BCUT2D eigenvalue weighted by molar-refractivity contribution is 6.31. The number of carbonyl (C=O) groups is 1. The number of benzene rings is 1. The number of hydrogen-bond donors (Lipinski definition) is 0. The average molecular weight is 213 g/mol.